The zero-order chi connectivity index (χ0) is 15.3. The third-order valence-corrected chi connectivity index (χ3v) is 6.61. The van der Waals surface area contributed by atoms with Crippen LogP contribution in [-0.4, -0.2) is 82.0 Å². The van der Waals surface area contributed by atoms with E-state index in [1.807, 2.05) is 0 Å². The summed E-state index contributed by atoms with van der Waals surface area (Å²) in [5, 5.41) is 0. The Hall–Kier alpha value is -0.210. The van der Waals surface area contributed by atoms with E-state index in [9.17, 15) is 8.42 Å². The molecule has 0 aromatic heterocycles. The Morgan fingerprint density at radius 3 is 2.33 bits per heavy atom. The highest BCUT2D eigenvalue weighted by Crippen LogP contribution is 2.21. The summed E-state index contributed by atoms with van der Waals surface area (Å²) in [5.41, 5.74) is 0. The maximum Gasteiger partial charge on any atom is 0.281 e. The second-order valence-electron chi connectivity index (χ2n) is 6.18. The first-order valence-electron chi connectivity index (χ1n) is 7.96. The van der Waals surface area contributed by atoms with Crippen LogP contribution < -0.4 is 0 Å². The van der Waals surface area contributed by atoms with E-state index in [-0.39, 0.29) is 0 Å². The van der Waals surface area contributed by atoms with Crippen molar-refractivity contribution in [2.45, 2.75) is 25.7 Å². The van der Waals surface area contributed by atoms with Crippen molar-refractivity contribution in [1.29, 1.82) is 0 Å². The second-order valence-corrected chi connectivity index (χ2v) is 8.21. The molecule has 2 saturated heterocycles. The summed E-state index contributed by atoms with van der Waals surface area (Å²) in [7, 11) is 0.112. The van der Waals surface area contributed by atoms with Crippen LogP contribution in [0.4, 0.5) is 0 Å². The molecule has 0 aromatic carbocycles. The summed E-state index contributed by atoms with van der Waals surface area (Å²) in [6, 6.07) is 0. The SMILES string of the molecule is COCC1CCN(S(=O)(=O)N(C)CCN2CCCC2)CC1. The molecule has 0 aromatic rings. The van der Waals surface area contributed by atoms with Gasteiger partial charge in [0, 0.05) is 46.9 Å². The van der Waals surface area contributed by atoms with Crippen molar-refractivity contribution in [2.24, 2.45) is 5.92 Å². The highest BCUT2D eigenvalue weighted by molar-refractivity contribution is 7.86. The Labute approximate surface area is 129 Å². The third-order valence-electron chi connectivity index (χ3n) is 4.63. The molecule has 2 rings (SSSR count). The van der Waals surface area contributed by atoms with E-state index in [2.05, 4.69) is 4.90 Å². The fraction of sp³-hybridized carbons (Fsp3) is 1.00. The van der Waals surface area contributed by atoms with Crippen molar-refractivity contribution in [3.8, 4) is 0 Å². The van der Waals surface area contributed by atoms with Crippen LogP contribution in [0.5, 0.6) is 0 Å². The maximum absolute atomic E-state index is 12.6. The summed E-state index contributed by atoms with van der Waals surface area (Å²) < 4.78 is 33.4. The summed E-state index contributed by atoms with van der Waals surface area (Å²) in [5.74, 6) is 0.497. The Bertz CT molecular complexity index is 402. The number of methoxy groups -OCH3 is 1. The molecule has 0 radical (unpaired) electrons. The van der Waals surface area contributed by atoms with Gasteiger partial charge in [-0.3, -0.25) is 0 Å². The van der Waals surface area contributed by atoms with E-state index < -0.39 is 10.2 Å². The molecular formula is C14H29N3O3S. The van der Waals surface area contributed by atoms with Crippen molar-refractivity contribution >= 4 is 10.2 Å². The van der Waals surface area contributed by atoms with E-state index in [0.717, 1.165) is 39.1 Å². The van der Waals surface area contributed by atoms with Crippen LogP contribution in [0.25, 0.3) is 0 Å². The van der Waals surface area contributed by atoms with Gasteiger partial charge in [-0.1, -0.05) is 0 Å². The summed E-state index contributed by atoms with van der Waals surface area (Å²) in [6.45, 7) is 5.61. The number of rotatable bonds is 7. The van der Waals surface area contributed by atoms with Crippen molar-refractivity contribution in [3.05, 3.63) is 0 Å². The minimum Gasteiger partial charge on any atom is -0.384 e. The predicted octanol–water partition coefficient (Wildman–Crippen LogP) is 0.617. The Balaban J connectivity index is 1.80. The average molecular weight is 319 g/mol. The minimum absolute atomic E-state index is 0.497. The second kappa shape index (κ2) is 7.87. The molecule has 0 aliphatic carbocycles. The van der Waals surface area contributed by atoms with Crippen molar-refractivity contribution < 1.29 is 13.2 Å². The van der Waals surface area contributed by atoms with Crippen molar-refractivity contribution in [3.63, 3.8) is 0 Å². The zero-order valence-corrected chi connectivity index (χ0v) is 14.1. The first kappa shape index (κ1) is 17.1. The number of likely N-dealkylation sites (tertiary alicyclic amines) is 1. The van der Waals surface area contributed by atoms with Gasteiger partial charge in [0.15, 0.2) is 0 Å². The third kappa shape index (κ3) is 4.63. The molecule has 21 heavy (non-hydrogen) atoms. The first-order valence-corrected chi connectivity index (χ1v) is 9.36. The van der Waals surface area contributed by atoms with Crippen molar-refractivity contribution in [2.75, 3.05) is 60.0 Å². The monoisotopic (exact) mass is 319 g/mol. The van der Waals surface area contributed by atoms with Gasteiger partial charge < -0.3 is 9.64 Å². The van der Waals surface area contributed by atoms with Crippen LogP contribution >= 0.6 is 0 Å². The van der Waals surface area contributed by atoms with Gasteiger partial charge in [0.25, 0.3) is 10.2 Å². The molecule has 2 aliphatic heterocycles. The van der Waals surface area contributed by atoms with Gasteiger partial charge in [0.2, 0.25) is 0 Å². The number of hydrogen-bond acceptors (Lipinski definition) is 4. The number of piperidine rings is 1. The Morgan fingerprint density at radius 1 is 1.14 bits per heavy atom. The highest BCUT2D eigenvalue weighted by Gasteiger charge is 2.31. The lowest BCUT2D eigenvalue weighted by Crippen LogP contribution is -2.47. The highest BCUT2D eigenvalue weighted by atomic mass is 32.2. The molecule has 2 fully saturated rings. The zero-order valence-electron chi connectivity index (χ0n) is 13.3. The van der Waals surface area contributed by atoms with E-state index in [4.69, 9.17) is 4.74 Å². The van der Waals surface area contributed by atoms with Crippen LogP contribution in [0.15, 0.2) is 0 Å². The lowest BCUT2D eigenvalue weighted by Gasteiger charge is -2.33. The van der Waals surface area contributed by atoms with Crippen LogP contribution in [0, 0.1) is 5.92 Å². The van der Waals surface area contributed by atoms with Crippen LogP contribution in [0.1, 0.15) is 25.7 Å². The van der Waals surface area contributed by atoms with Gasteiger partial charge >= 0.3 is 0 Å². The van der Waals surface area contributed by atoms with Gasteiger partial charge in [0.1, 0.15) is 0 Å². The number of ether oxygens (including phenoxy) is 1. The molecule has 0 N–H and O–H groups in total. The standard InChI is InChI=1S/C14H29N3O3S/c1-15(11-12-16-7-3-4-8-16)21(18,19)17-9-5-14(6-10-17)13-20-2/h14H,3-13H2,1-2H3. The molecule has 2 aliphatic rings. The molecular weight excluding hydrogens is 290 g/mol. The van der Waals surface area contributed by atoms with Gasteiger partial charge in [0.05, 0.1) is 0 Å². The van der Waals surface area contributed by atoms with Gasteiger partial charge in [-0.05, 0) is 44.7 Å². The number of likely N-dealkylation sites (N-methyl/N-ethyl adjacent to an activating group) is 1. The minimum atomic E-state index is -3.29. The van der Waals surface area contributed by atoms with Gasteiger partial charge in [-0.15, -0.1) is 0 Å². The molecule has 0 saturated carbocycles. The first-order chi connectivity index (χ1) is 10.0. The van der Waals surface area contributed by atoms with Gasteiger partial charge in [-0.2, -0.15) is 17.0 Å². The average Bonchev–Trinajstić information content (AvgIpc) is 2.99. The predicted molar refractivity (Wildman–Crippen MR) is 83.4 cm³/mol. The fourth-order valence-electron chi connectivity index (χ4n) is 3.14. The smallest absolute Gasteiger partial charge is 0.281 e. The Morgan fingerprint density at radius 2 is 1.76 bits per heavy atom. The topological polar surface area (TPSA) is 53.1 Å². The maximum atomic E-state index is 12.6. The summed E-state index contributed by atoms with van der Waals surface area (Å²) >= 11 is 0. The van der Waals surface area contributed by atoms with Crippen LogP contribution in [0.2, 0.25) is 0 Å². The van der Waals surface area contributed by atoms with E-state index in [1.54, 1.807) is 18.5 Å². The Kier molecular flexibility index (Phi) is 6.43. The fourth-order valence-corrected chi connectivity index (χ4v) is 4.52. The van der Waals surface area contributed by atoms with Gasteiger partial charge in [-0.25, -0.2) is 0 Å². The van der Waals surface area contributed by atoms with E-state index in [0.29, 0.717) is 25.6 Å². The molecule has 7 heteroatoms. The quantitative estimate of drug-likeness (QED) is 0.690. The molecule has 0 spiro atoms. The molecule has 0 atom stereocenters. The summed E-state index contributed by atoms with van der Waals surface area (Å²) in [6.07, 6.45) is 4.27. The van der Waals surface area contributed by atoms with E-state index in [1.165, 1.54) is 17.1 Å². The van der Waals surface area contributed by atoms with Crippen LogP contribution in [0.3, 0.4) is 0 Å². The lowest BCUT2D eigenvalue weighted by molar-refractivity contribution is 0.120. The van der Waals surface area contributed by atoms with E-state index >= 15 is 0 Å². The molecule has 0 bridgehead atoms. The largest absolute Gasteiger partial charge is 0.384 e. The van der Waals surface area contributed by atoms with Crippen LogP contribution in [-0.2, 0) is 14.9 Å². The number of nitrogens with zero attached hydrogens (tertiary/aromatic N) is 3. The normalized spacial score (nSPS) is 23.2. The molecule has 2 heterocycles. The molecule has 0 unspecified atom stereocenters. The van der Waals surface area contributed by atoms with Crippen molar-refractivity contribution in [1.82, 2.24) is 13.5 Å². The molecule has 6 nitrogen and oxygen atoms in total. The number of hydrogen-bond donors (Lipinski definition) is 0. The lowest BCUT2D eigenvalue weighted by atomic mass is 9.99. The molecule has 0 amide bonds. The molecule has 124 valence electrons. The summed E-state index contributed by atoms with van der Waals surface area (Å²) in [4.78, 5) is 2.34.